The number of aliphatic imine (C=N–C) groups is 1. The summed E-state index contributed by atoms with van der Waals surface area (Å²) in [4.78, 5) is 4.62. The van der Waals surface area contributed by atoms with Crippen molar-refractivity contribution in [2.45, 2.75) is 52.1 Å². The summed E-state index contributed by atoms with van der Waals surface area (Å²) in [6.45, 7) is 5.61. The summed E-state index contributed by atoms with van der Waals surface area (Å²) < 4.78 is 5.21. The lowest BCUT2D eigenvalue weighted by Gasteiger charge is -2.28. The van der Waals surface area contributed by atoms with Crippen LogP contribution in [0.2, 0.25) is 0 Å². The summed E-state index contributed by atoms with van der Waals surface area (Å²) in [7, 11) is 1.62. The monoisotopic (exact) mass is 447 g/mol. The molecule has 1 aliphatic carbocycles. The molecule has 0 aromatic heterocycles. The molecule has 6 heteroatoms. The summed E-state index contributed by atoms with van der Waals surface area (Å²) >= 11 is 0. The topological polar surface area (TPSA) is 65.9 Å². The third-order valence-electron chi connectivity index (χ3n) is 4.32. The molecule has 0 bridgehead atoms. The van der Waals surface area contributed by atoms with Crippen LogP contribution in [0, 0.1) is 5.92 Å². The lowest BCUT2D eigenvalue weighted by molar-refractivity contribution is 0.324. The van der Waals surface area contributed by atoms with Crippen LogP contribution in [0.25, 0.3) is 0 Å². The van der Waals surface area contributed by atoms with Gasteiger partial charge >= 0.3 is 0 Å². The van der Waals surface area contributed by atoms with Crippen LogP contribution < -0.4 is 15.4 Å². The number of nitrogens with one attached hydrogen (secondary N) is 2. The van der Waals surface area contributed by atoms with E-state index < -0.39 is 0 Å². The molecule has 24 heavy (non-hydrogen) atoms. The maximum absolute atomic E-state index is 9.96. The number of aromatic hydroxyl groups is 1. The number of rotatable bonds is 5. The fourth-order valence-electron chi connectivity index (χ4n) is 3.06. The minimum absolute atomic E-state index is 0. The number of hydrogen-bond donors (Lipinski definition) is 3. The van der Waals surface area contributed by atoms with Crippen molar-refractivity contribution in [1.82, 2.24) is 10.6 Å². The number of phenolic OH excluding ortho intramolecular Hbond substituents is 1. The van der Waals surface area contributed by atoms with Gasteiger partial charge in [0.05, 0.1) is 13.7 Å². The second kappa shape index (κ2) is 10.6. The van der Waals surface area contributed by atoms with Gasteiger partial charge in [0, 0.05) is 18.2 Å². The molecule has 1 aromatic rings. The minimum Gasteiger partial charge on any atom is -0.508 e. The first-order valence-corrected chi connectivity index (χ1v) is 8.53. The van der Waals surface area contributed by atoms with E-state index in [2.05, 4.69) is 29.5 Å². The molecule has 1 aliphatic rings. The van der Waals surface area contributed by atoms with Crippen LogP contribution in [0.4, 0.5) is 0 Å². The molecule has 5 nitrogen and oxygen atoms in total. The molecule has 2 rings (SSSR count). The Hall–Kier alpha value is -1.18. The molecule has 0 aliphatic heterocycles. The molecule has 0 spiro atoms. The van der Waals surface area contributed by atoms with Crippen molar-refractivity contribution in [2.75, 3.05) is 13.7 Å². The lowest BCUT2D eigenvalue weighted by atomic mass is 9.87. The van der Waals surface area contributed by atoms with E-state index in [1.54, 1.807) is 19.2 Å². The van der Waals surface area contributed by atoms with Crippen molar-refractivity contribution in [3.63, 3.8) is 0 Å². The Bertz CT molecular complexity index is 537. The largest absolute Gasteiger partial charge is 0.508 e. The number of hydrogen-bond acceptors (Lipinski definition) is 3. The number of phenols is 1. The molecule has 2 atom stereocenters. The van der Waals surface area contributed by atoms with Crippen molar-refractivity contribution in [1.29, 1.82) is 0 Å². The average Bonchev–Trinajstić information content (AvgIpc) is 2.54. The standard InChI is InChI=1S/C18H29N3O2.HI/c1-4-19-18(21-15-7-5-6-13(2)10-15)20-12-14-11-16(23-3)8-9-17(14)22;/h8-9,11,13,15,22H,4-7,10,12H2,1-3H3,(H2,19,20,21);1H. The van der Waals surface area contributed by atoms with Gasteiger partial charge < -0.3 is 20.5 Å². The van der Waals surface area contributed by atoms with Crippen molar-refractivity contribution < 1.29 is 9.84 Å². The van der Waals surface area contributed by atoms with E-state index in [1.807, 2.05) is 6.07 Å². The van der Waals surface area contributed by atoms with Crippen LogP contribution in [0.3, 0.4) is 0 Å². The number of nitrogens with zero attached hydrogens (tertiary/aromatic N) is 1. The molecular weight excluding hydrogens is 417 g/mol. The summed E-state index contributed by atoms with van der Waals surface area (Å²) in [5, 5.41) is 16.8. The molecule has 1 saturated carbocycles. The third-order valence-corrected chi connectivity index (χ3v) is 4.32. The number of benzene rings is 1. The first-order chi connectivity index (χ1) is 11.1. The molecule has 2 unspecified atom stereocenters. The highest BCUT2D eigenvalue weighted by Crippen LogP contribution is 2.24. The van der Waals surface area contributed by atoms with Gasteiger partial charge in [-0.1, -0.05) is 19.8 Å². The van der Waals surface area contributed by atoms with Crippen molar-refractivity contribution in [3.8, 4) is 11.5 Å². The number of methoxy groups -OCH3 is 1. The van der Waals surface area contributed by atoms with E-state index >= 15 is 0 Å². The van der Waals surface area contributed by atoms with Gasteiger partial charge in [0.25, 0.3) is 0 Å². The lowest BCUT2D eigenvalue weighted by Crippen LogP contribution is -2.45. The zero-order chi connectivity index (χ0) is 16.7. The van der Waals surface area contributed by atoms with Gasteiger partial charge in [-0.25, -0.2) is 4.99 Å². The number of ether oxygens (including phenoxy) is 1. The van der Waals surface area contributed by atoms with Gasteiger partial charge in [0.2, 0.25) is 0 Å². The van der Waals surface area contributed by atoms with Gasteiger partial charge in [0.1, 0.15) is 11.5 Å². The molecule has 0 amide bonds. The molecule has 1 aromatic carbocycles. The van der Waals surface area contributed by atoms with Gasteiger partial charge in [-0.05, 0) is 43.9 Å². The maximum atomic E-state index is 9.96. The summed E-state index contributed by atoms with van der Waals surface area (Å²) in [6.07, 6.45) is 4.98. The first kappa shape index (κ1) is 20.9. The van der Waals surface area contributed by atoms with E-state index in [-0.39, 0.29) is 29.7 Å². The highest BCUT2D eigenvalue weighted by molar-refractivity contribution is 14.0. The van der Waals surface area contributed by atoms with E-state index in [0.717, 1.165) is 29.7 Å². The second-order valence-corrected chi connectivity index (χ2v) is 6.30. The molecular formula is C18H30IN3O2. The first-order valence-electron chi connectivity index (χ1n) is 8.53. The number of halogens is 1. The predicted octanol–water partition coefficient (Wildman–Crippen LogP) is 3.65. The minimum atomic E-state index is 0. The zero-order valence-electron chi connectivity index (χ0n) is 14.8. The van der Waals surface area contributed by atoms with E-state index in [0.29, 0.717) is 12.6 Å². The van der Waals surface area contributed by atoms with Gasteiger partial charge in [-0.3, -0.25) is 0 Å². The smallest absolute Gasteiger partial charge is 0.191 e. The zero-order valence-corrected chi connectivity index (χ0v) is 17.2. The van der Waals surface area contributed by atoms with Gasteiger partial charge in [-0.15, -0.1) is 24.0 Å². The Kier molecular flexibility index (Phi) is 9.25. The van der Waals surface area contributed by atoms with Crippen LogP contribution in [-0.2, 0) is 6.54 Å². The molecule has 136 valence electrons. The number of guanidine groups is 1. The summed E-state index contributed by atoms with van der Waals surface area (Å²) in [6, 6.07) is 5.70. The Morgan fingerprint density at radius 3 is 2.83 bits per heavy atom. The fourth-order valence-corrected chi connectivity index (χ4v) is 3.06. The Morgan fingerprint density at radius 2 is 2.17 bits per heavy atom. The van der Waals surface area contributed by atoms with Crippen LogP contribution in [0.15, 0.2) is 23.2 Å². The van der Waals surface area contributed by atoms with E-state index in [1.165, 1.54) is 25.7 Å². The van der Waals surface area contributed by atoms with Crippen LogP contribution in [-0.4, -0.2) is 30.8 Å². The van der Waals surface area contributed by atoms with Crippen molar-refractivity contribution in [3.05, 3.63) is 23.8 Å². The third kappa shape index (κ3) is 6.37. The Morgan fingerprint density at radius 1 is 1.38 bits per heavy atom. The maximum Gasteiger partial charge on any atom is 0.191 e. The fraction of sp³-hybridized carbons (Fsp3) is 0.611. The Balaban J connectivity index is 0.00000288. The van der Waals surface area contributed by atoms with Gasteiger partial charge in [0.15, 0.2) is 5.96 Å². The highest BCUT2D eigenvalue weighted by Gasteiger charge is 2.19. The molecule has 0 heterocycles. The SMILES string of the molecule is CCNC(=NCc1cc(OC)ccc1O)NC1CCCC(C)C1.I. The molecule has 1 fully saturated rings. The van der Waals surface area contributed by atoms with Crippen LogP contribution in [0.1, 0.15) is 45.1 Å². The molecule has 0 saturated heterocycles. The molecule has 3 N–H and O–H groups in total. The average molecular weight is 447 g/mol. The second-order valence-electron chi connectivity index (χ2n) is 6.30. The van der Waals surface area contributed by atoms with Crippen LogP contribution in [0.5, 0.6) is 11.5 Å². The van der Waals surface area contributed by atoms with Crippen molar-refractivity contribution >= 4 is 29.9 Å². The van der Waals surface area contributed by atoms with Gasteiger partial charge in [-0.2, -0.15) is 0 Å². The normalized spacial score (nSPS) is 20.9. The van der Waals surface area contributed by atoms with E-state index in [9.17, 15) is 5.11 Å². The summed E-state index contributed by atoms with van der Waals surface area (Å²) in [5.41, 5.74) is 0.763. The van der Waals surface area contributed by atoms with Crippen molar-refractivity contribution in [2.24, 2.45) is 10.9 Å². The quantitative estimate of drug-likeness (QED) is 0.366. The Labute approximate surface area is 162 Å². The predicted molar refractivity (Wildman–Crippen MR) is 109 cm³/mol. The van der Waals surface area contributed by atoms with E-state index in [4.69, 9.17) is 4.74 Å². The van der Waals surface area contributed by atoms with Crippen LogP contribution >= 0.6 is 24.0 Å². The molecule has 0 radical (unpaired) electrons. The highest BCUT2D eigenvalue weighted by atomic mass is 127. The summed E-state index contributed by atoms with van der Waals surface area (Å²) in [5.74, 6) is 2.56.